The second-order valence-corrected chi connectivity index (χ2v) is 6.19. The van der Waals surface area contributed by atoms with Crippen LogP contribution in [0.4, 0.5) is 0 Å². The lowest BCUT2D eigenvalue weighted by molar-refractivity contribution is -0.137. The molecule has 21 heavy (non-hydrogen) atoms. The molecule has 2 aliphatic rings. The summed E-state index contributed by atoms with van der Waals surface area (Å²) in [5.74, 6) is 0.489. The van der Waals surface area contributed by atoms with Gasteiger partial charge in [0.25, 0.3) is 0 Å². The van der Waals surface area contributed by atoms with Crippen LogP contribution in [-0.2, 0) is 11.3 Å². The molecule has 2 N–H and O–H groups in total. The van der Waals surface area contributed by atoms with E-state index in [2.05, 4.69) is 16.0 Å². The molecule has 0 spiro atoms. The summed E-state index contributed by atoms with van der Waals surface area (Å²) in [6.07, 6.45) is 4.66. The summed E-state index contributed by atoms with van der Waals surface area (Å²) in [7, 11) is 0. The Hall–Kier alpha value is -1.46. The van der Waals surface area contributed by atoms with Crippen LogP contribution < -0.4 is 5.73 Å². The fraction of sp³-hybridized carbons (Fsp3) is 0.625. The molecule has 1 aliphatic carbocycles. The molecular weight excluding hydrogens is 264 g/mol. The first-order valence-electron chi connectivity index (χ1n) is 7.89. The zero-order valence-corrected chi connectivity index (χ0v) is 12.4. The maximum Gasteiger partial charge on any atom is 0.225 e. The lowest BCUT2D eigenvalue weighted by Gasteiger charge is -2.35. The maximum absolute atomic E-state index is 12.5. The Morgan fingerprint density at radius 1 is 1.24 bits per heavy atom. The molecule has 1 saturated heterocycles. The molecular formula is C16H24N4O. The van der Waals surface area contributed by atoms with Crippen LogP contribution in [0.2, 0.25) is 0 Å². The fourth-order valence-corrected chi connectivity index (χ4v) is 3.35. The second-order valence-electron chi connectivity index (χ2n) is 6.19. The number of carbonyl (C=O) groups excluding carboxylic acids is 1. The van der Waals surface area contributed by atoms with E-state index in [9.17, 15) is 4.79 Å². The Morgan fingerprint density at radius 3 is 2.67 bits per heavy atom. The van der Waals surface area contributed by atoms with E-state index in [1.54, 1.807) is 0 Å². The number of nitrogens with zero attached hydrogens (tertiary/aromatic N) is 3. The van der Waals surface area contributed by atoms with Crippen molar-refractivity contribution in [2.75, 3.05) is 26.2 Å². The van der Waals surface area contributed by atoms with Gasteiger partial charge in [-0.05, 0) is 31.4 Å². The zero-order chi connectivity index (χ0) is 14.7. The average molecular weight is 288 g/mol. The molecule has 0 radical (unpaired) electrons. The van der Waals surface area contributed by atoms with Gasteiger partial charge in [-0.25, -0.2) is 0 Å². The number of aromatic nitrogens is 1. The van der Waals surface area contributed by atoms with Crippen LogP contribution in [0.5, 0.6) is 0 Å². The minimum Gasteiger partial charge on any atom is -0.340 e. The number of piperazine rings is 1. The Kier molecular flexibility index (Phi) is 4.51. The smallest absolute Gasteiger partial charge is 0.225 e. The fourth-order valence-electron chi connectivity index (χ4n) is 3.35. The van der Waals surface area contributed by atoms with Crippen molar-refractivity contribution in [1.29, 1.82) is 0 Å². The van der Waals surface area contributed by atoms with Gasteiger partial charge in [0.05, 0.1) is 5.69 Å². The van der Waals surface area contributed by atoms with Gasteiger partial charge in [-0.15, -0.1) is 0 Å². The van der Waals surface area contributed by atoms with Gasteiger partial charge in [0, 0.05) is 50.9 Å². The molecule has 2 heterocycles. The van der Waals surface area contributed by atoms with Gasteiger partial charge in [0.15, 0.2) is 0 Å². The van der Waals surface area contributed by atoms with Crippen LogP contribution in [0.15, 0.2) is 24.4 Å². The van der Waals surface area contributed by atoms with E-state index in [0.29, 0.717) is 5.91 Å². The third-order valence-electron chi connectivity index (χ3n) is 4.62. The number of hydrogen-bond acceptors (Lipinski definition) is 4. The van der Waals surface area contributed by atoms with Gasteiger partial charge >= 0.3 is 0 Å². The van der Waals surface area contributed by atoms with E-state index in [1.165, 1.54) is 0 Å². The first-order chi connectivity index (χ1) is 10.2. The van der Waals surface area contributed by atoms with E-state index in [4.69, 9.17) is 5.73 Å². The zero-order valence-electron chi connectivity index (χ0n) is 12.4. The number of amides is 1. The third-order valence-corrected chi connectivity index (χ3v) is 4.62. The minimum atomic E-state index is 0.169. The molecule has 1 aliphatic heterocycles. The molecule has 0 aromatic carbocycles. The van der Waals surface area contributed by atoms with Crippen LogP contribution in [0, 0.1) is 5.92 Å². The largest absolute Gasteiger partial charge is 0.340 e. The minimum absolute atomic E-state index is 0.169. The highest BCUT2D eigenvalue weighted by Gasteiger charge is 2.32. The molecule has 114 valence electrons. The van der Waals surface area contributed by atoms with Crippen molar-refractivity contribution >= 4 is 5.91 Å². The molecule has 2 fully saturated rings. The normalized spacial score (nSPS) is 27.0. The van der Waals surface area contributed by atoms with Crippen molar-refractivity contribution in [3.05, 3.63) is 30.1 Å². The first kappa shape index (κ1) is 14.5. The monoisotopic (exact) mass is 288 g/mol. The number of hydrogen-bond donors (Lipinski definition) is 1. The number of rotatable bonds is 3. The summed E-state index contributed by atoms with van der Waals surface area (Å²) in [4.78, 5) is 21.2. The topological polar surface area (TPSA) is 62.5 Å². The summed E-state index contributed by atoms with van der Waals surface area (Å²) in [6.45, 7) is 4.40. The predicted molar refractivity (Wildman–Crippen MR) is 81.4 cm³/mol. The van der Waals surface area contributed by atoms with E-state index >= 15 is 0 Å². The van der Waals surface area contributed by atoms with Crippen LogP contribution in [0.1, 0.15) is 25.0 Å². The van der Waals surface area contributed by atoms with Gasteiger partial charge in [-0.3, -0.25) is 14.7 Å². The molecule has 3 rings (SSSR count). The quantitative estimate of drug-likeness (QED) is 0.896. The summed E-state index contributed by atoms with van der Waals surface area (Å²) in [5.41, 5.74) is 7.01. The second kappa shape index (κ2) is 6.54. The van der Waals surface area contributed by atoms with Gasteiger partial charge in [0.2, 0.25) is 5.91 Å². The van der Waals surface area contributed by atoms with Crippen molar-refractivity contribution in [2.45, 2.75) is 31.8 Å². The van der Waals surface area contributed by atoms with Crippen LogP contribution in [0.25, 0.3) is 0 Å². The van der Waals surface area contributed by atoms with Crippen LogP contribution in [-0.4, -0.2) is 52.9 Å². The standard InChI is InChI=1S/C16H24N4O/c17-14-5-4-13(11-14)16(21)20-9-7-19(8-10-20)12-15-3-1-2-6-18-15/h1-3,6,13-14H,4-5,7-12,17H2. The molecule has 0 bridgehead atoms. The Morgan fingerprint density at radius 2 is 2.05 bits per heavy atom. The Labute approximate surface area is 126 Å². The Balaban J connectivity index is 1.47. The summed E-state index contributed by atoms with van der Waals surface area (Å²) in [6, 6.07) is 6.24. The lowest BCUT2D eigenvalue weighted by Crippen LogP contribution is -2.49. The molecule has 1 saturated carbocycles. The number of nitrogens with two attached hydrogens (primary N) is 1. The van der Waals surface area contributed by atoms with Crippen LogP contribution >= 0.6 is 0 Å². The van der Waals surface area contributed by atoms with E-state index in [1.807, 2.05) is 23.2 Å². The third kappa shape index (κ3) is 3.60. The SMILES string of the molecule is NC1CCC(C(=O)N2CCN(Cc3ccccn3)CC2)C1. The molecule has 5 nitrogen and oxygen atoms in total. The highest BCUT2D eigenvalue weighted by Crippen LogP contribution is 2.26. The van der Waals surface area contributed by atoms with Crippen molar-refractivity contribution in [2.24, 2.45) is 11.7 Å². The predicted octanol–water partition coefficient (Wildman–Crippen LogP) is 0.853. The van der Waals surface area contributed by atoms with Crippen LogP contribution in [0.3, 0.4) is 0 Å². The molecule has 2 atom stereocenters. The number of pyridine rings is 1. The first-order valence-corrected chi connectivity index (χ1v) is 7.89. The molecule has 2 unspecified atom stereocenters. The van der Waals surface area contributed by atoms with Crippen molar-refractivity contribution in [3.63, 3.8) is 0 Å². The van der Waals surface area contributed by atoms with Crippen molar-refractivity contribution < 1.29 is 4.79 Å². The van der Waals surface area contributed by atoms with Crippen molar-refractivity contribution in [1.82, 2.24) is 14.8 Å². The molecule has 5 heteroatoms. The highest BCUT2D eigenvalue weighted by atomic mass is 16.2. The van der Waals surface area contributed by atoms with E-state index in [-0.39, 0.29) is 12.0 Å². The summed E-state index contributed by atoms with van der Waals surface area (Å²) >= 11 is 0. The summed E-state index contributed by atoms with van der Waals surface area (Å²) in [5, 5.41) is 0. The van der Waals surface area contributed by atoms with E-state index in [0.717, 1.165) is 57.7 Å². The summed E-state index contributed by atoms with van der Waals surface area (Å²) < 4.78 is 0. The molecule has 1 aromatic rings. The number of carbonyl (C=O) groups is 1. The van der Waals surface area contributed by atoms with Gasteiger partial charge in [-0.1, -0.05) is 6.07 Å². The van der Waals surface area contributed by atoms with E-state index < -0.39 is 0 Å². The molecule has 1 amide bonds. The van der Waals surface area contributed by atoms with Crippen molar-refractivity contribution in [3.8, 4) is 0 Å². The Bertz CT molecular complexity index is 470. The van der Waals surface area contributed by atoms with Gasteiger partial charge in [0.1, 0.15) is 0 Å². The van der Waals surface area contributed by atoms with Gasteiger partial charge in [-0.2, -0.15) is 0 Å². The highest BCUT2D eigenvalue weighted by molar-refractivity contribution is 5.79. The average Bonchev–Trinajstić information content (AvgIpc) is 2.95. The lowest BCUT2D eigenvalue weighted by atomic mass is 10.1. The van der Waals surface area contributed by atoms with Gasteiger partial charge < -0.3 is 10.6 Å². The molecule has 1 aromatic heterocycles. The maximum atomic E-state index is 12.5.